The van der Waals surface area contributed by atoms with Gasteiger partial charge in [0.1, 0.15) is 5.75 Å². The first kappa shape index (κ1) is 13.4. The van der Waals surface area contributed by atoms with Gasteiger partial charge in [0.15, 0.2) is 0 Å². The van der Waals surface area contributed by atoms with E-state index >= 15 is 0 Å². The third-order valence-corrected chi connectivity index (χ3v) is 4.09. The summed E-state index contributed by atoms with van der Waals surface area (Å²) in [5, 5.41) is 0. The van der Waals surface area contributed by atoms with Crippen molar-refractivity contribution in [1.29, 1.82) is 0 Å². The van der Waals surface area contributed by atoms with E-state index < -0.39 is 0 Å². The van der Waals surface area contributed by atoms with Crippen molar-refractivity contribution in [1.82, 2.24) is 5.43 Å². The van der Waals surface area contributed by atoms with E-state index in [2.05, 4.69) is 31.4 Å². The first-order chi connectivity index (χ1) is 8.65. The van der Waals surface area contributed by atoms with Gasteiger partial charge in [-0.3, -0.25) is 11.3 Å². The van der Waals surface area contributed by atoms with Gasteiger partial charge >= 0.3 is 0 Å². The molecular formula is C15H24N2O. The van der Waals surface area contributed by atoms with Crippen LogP contribution in [-0.2, 0) is 6.42 Å². The Morgan fingerprint density at radius 1 is 1.44 bits per heavy atom. The average molecular weight is 248 g/mol. The number of nitrogens with one attached hydrogen (secondary N) is 1. The maximum Gasteiger partial charge on any atom is 0.122 e. The minimum atomic E-state index is 0.327. The number of ether oxygens (including phenoxy) is 1. The van der Waals surface area contributed by atoms with Crippen molar-refractivity contribution in [2.45, 2.75) is 39.2 Å². The zero-order valence-electron chi connectivity index (χ0n) is 11.6. The van der Waals surface area contributed by atoms with Gasteiger partial charge in [0.2, 0.25) is 0 Å². The third kappa shape index (κ3) is 3.03. The van der Waals surface area contributed by atoms with Gasteiger partial charge in [0.25, 0.3) is 0 Å². The second kappa shape index (κ2) is 5.72. The molecule has 1 aromatic rings. The van der Waals surface area contributed by atoms with Gasteiger partial charge in [-0.15, -0.1) is 0 Å². The minimum Gasteiger partial charge on any atom is -0.496 e. The number of nitrogens with two attached hydrogens (primary N) is 1. The second-order valence-corrected chi connectivity index (χ2v) is 5.49. The van der Waals surface area contributed by atoms with Crippen LogP contribution in [0.5, 0.6) is 5.75 Å². The van der Waals surface area contributed by atoms with Crippen LogP contribution in [0, 0.1) is 18.8 Å². The molecule has 3 nitrogen and oxygen atoms in total. The Bertz CT molecular complexity index is 401. The molecule has 2 atom stereocenters. The monoisotopic (exact) mass is 248 g/mol. The van der Waals surface area contributed by atoms with Crippen LogP contribution in [-0.4, -0.2) is 13.2 Å². The molecular weight excluding hydrogens is 224 g/mol. The van der Waals surface area contributed by atoms with Crippen molar-refractivity contribution >= 4 is 0 Å². The van der Waals surface area contributed by atoms with Crippen LogP contribution in [0.3, 0.4) is 0 Å². The molecule has 0 spiro atoms. The highest BCUT2D eigenvalue weighted by Crippen LogP contribution is 2.39. The molecule has 1 aliphatic carbocycles. The lowest BCUT2D eigenvalue weighted by Gasteiger charge is -2.24. The summed E-state index contributed by atoms with van der Waals surface area (Å²) in [6.07, 6.45) is 3.63. The molecule has 100 valence electrons. The van der Waals surface area contributed by atoms with Gasteiger partial charge in [-0.1, -0.05) is 24.6 Å². The fourth-order valence-electron chi connectivity index (χ4n) is 2.65. The van der Waals surface area contributed by atoms with Crippen molar-refractivity contribution < 1.29 is 4.74 Å². The molecule has 0 amide bonds. The highest BCUT2D eigenvalue weighted by molar-refractivity contribution is 5.37. The van der Waals surface area contributed by atoms with Crippen LogP contribution in [0.25, 0.3) is 0 Å². The number of benzene rings is 1. The number of methoxy groups -OCH3 is 1. The van der Waals surface area contributed by atoms with E-state index in [0.717, 1.165) is 18.1 Å². The molecule has 3 heteroatoms. The summed E-state index contributed by atoms with van der Waals surface area (Å²) in [5.74, 6) is 8.16. The van der Waals surface area contributed by atoms with Crippen molar-refractivity contribution in [2.75, 3.05) is 7.11 Å². The third-order valence-electron chi connectivity index (χ3n) is 4.09. The van der Waals surface area contributed by atoms with E-state index in [0.29, 0.717) is 12.0 Å². The molecule has 1 saturated carbocycles. The molecule has 0 aromatic heterocycles. The van der Waals surface area contributed by atoms with E-state index in [-0.39, 0.29) is 0 Å². The lowest BCUT2D eigenvalue weighted by molar-refractivity contribution is 0.337. The molecule has 1 aliphatic rings. The average Bonchev–Trinajstić information content (AvgIpc) is 3.19. The summed E-state index contributed by atoms with van der Waals surface area (Å²) in [7, 11) is 1.73. The van der Waals surface area contributed by atoms with Crippen molar-refractivity contribution in [2.24, 2.45) is 17.7 Å². The molecule has 0 aliphatic heterocycles. The predicted octanol–water partition coefficient (Wildman–Crippen LogP) is 2.42. The lowest BCUT2D eigenvalue weighted by atomic mass is 9.91. The van der Waals surface area contributed by atoms with E-state index in [1.165, 1.54) is 24.0 Å². The van der Waals surface area contributed by atoms with Gasteiger partial charge in [-0.25, -0.2) is 0 Å². The summed E-state index contributed by atoms with van der Waals surface area (Å²) in [6, 6.07) is 6.65. The van der Waals surface area contributed by atoms with Gasteiger partial charge in [-0.2, -0.15) is 0 Å². The van der Waals surface area contributed by atoms with E-state index in [4.69, 9.17) is 10.6 Å². The van der Waals surface area contributed by atoms with Crippen molar-refractivity contribution in [3.05, 3.63) is 29.3 Å². The number of hydrazine groups is 1. The van der Waals surface area contributed by atoms with Crippen molar-refractivity contribution in [3.8, 4) is 5.75 Å². The van der Waals surface area contributed by atoms with Crippen LogP contribution in [0.1, 0.15) is 30.9 Å². The molecule has 1 aromatic carbocycles. The summed E-state index contributed by atoms with van der Waals surface area (Å²) < 4.78 is 5.43. The molecule has 1 fully saturated rings. The minimum absolute atomic E-state index is 0.327. The molecule has 3 N–H and O–H groups in total. The molecule has 18 heavy (non-hydrogen) atoms. The Morgan fingerprint density at radius 2 is 2.17 bits per heavy atom. The SMILES string of the molecule is COc1ccc(C)cc1CC(NN)C(C)C1CC1. The maximum absolute atomic E-state index is 5.73. The fourth-order valence-corrected chi connectivity index (χ4v) is 2.65. The zero-order valence-corrected chi connectivity index (χ0v) is 11.6. The quantitative estimate of drug-likeness (QED) is 0.600. The first-order valence-corrected chi connectivity index (χ1v) is 6.75. The molecule has 0 saturated heterocycles. The Kier molecular flexibility index (Phi) is 4.25. The highest BCUT2D eigenvalue weighted by atomic mass is 16.5. The molecule has 2 rings (SSSR count). The van der Waals surface area contributed by atoms with E-state index in [9.17, 15) is 0 Å². The summed E-state index contributed by atoms with van der Waals surface area (Å²) in [4.78, 5) is 0. The number of hydrogen-bond donors (Lipinski definition) is 2. The summed E-state index contributed by atoms with van der Waals surface area (Å²) in [6.45, 7) is 4.41. The van der Waals surface area contributed by atoms with Gasteiger partial charge in [0, 0.05) is 6.04 Å². The molecule has 0 heterocycles. The van der Waals surface area contributed by atoms with E-state index in [1.54, 1.807) is 7.11 Å². The van der Waals surface area contributed by atoms with Crippen LogP contribution < -0.4 is 16.0 Å². The molecule has 0 radical (unpaired) electrons. The number of aryl methyl sites for hydroxylation is 1. The Hall–Kier alpha value is -1.06. The van der Waals surface area contributed by atoms with Crippen LogP contribution in [0.15, 0.2) is 18.2 Å². The maximum atomic E-state index is 5.73. The largest absolute Gasteiger partial charge is 0.496 e. The smallest absolute Gasteiger partial charge is 0.122 e. The fraction of sp³-hybridized carbons (Fsp3) is 0.600. The Labute approximate surface area is 110 Å². The number of rotatable bonds is 6. The highest BCUT2D eigenvalue weighted by Gasteiger charge is 2.33. The predicted molar refractivity (Wildman–Crippen MR) is 74.4 cm³/mol. The Balaban J connectivity index is 2.12. The van der Waals surface area contributed by atoms with Crippen molar-refractivity contribution in [3.63, 3.8) is 0 Å². The molecule has 2 unspecified atom stereocenters. The molecule has 0 bridgehead atoms. The van der Waals surface area contributed by atoms with Gasteiger partial charge in [-0.05, 0) is 49.7 Å². The van der Waals surface area contributed by atoms with Crippen LogP contribution >= 0.6 is 0 Å². The van der Waals surface area contributed by atoms with Crippen LogP contribution in [0.2, 0.25) is 0 Å². The summed E-state index contributed by atoms with van der Waals surface area (Å²) >= 11 is 0. The topological polar surface area (TPSA) is 47.3 Å². The zero-order chi connectivity index (χ0) is 13.1. The van der Waals surface area contributed by atoms with Crippen LogP contribution in [0.4, 0.5) is 0 Å². The summed E-state index contributed by atoms with van der Waals surface area (Å²) in [5.41, 5.74) is 5.49. The number of hydrogen-bond acceptors (Lipinski definition) is 3. The Morgan fingerprint density at radius 3 is 2.72 bits per heavy atom. The lowest BCUT2D eigenvalue weighted by Crippen LogP contribution is -2.42. The van der Waals surface area contributed by atoms with E-state index in [1.807, 2.05) is 6.07 Å². The van der Waals surface area contributed by atoms with Gasteiger partial charge < -0.3 is 4.74 Å². The normalized spacial score (nSPS) is 18.4. The van der Waals surface area contributed by atoms with Gasteiger partial charge in [0.05, 0.1) is 7.11 Å². The first-order valence-electron chi connectivity index (χ1n) is 6.75. The standard InChI is InChI=1S/C15H24N2O/c1-10-4-7-15(18-3)13(8-10)9-14(17-16)11(2)12-5-6-12/h4,7-8,11-12,14,17H,5-6,9,16H2,1-3H3. The second-order valence-electron chi connectivity index (χ2n) is 5.49.